The van der Waals surface area contributed by atoms with Crippen LogP contribution in [0, 0.1) is 17.6 Å². The molecule has 1 rings (SSSR count). The summed E-state index contributed by atoms with van der Waals surface area (Å²) >= 11 is 0. The van der Waals surface area contributed by atoms with Crippen LogP contribution < -0.4 is 11.1 Å². The standard InChI is InChI=1S/C13H18F2N2O/c1-4-10(7(2)3)17-13(18)11-8(14)5-6-9(16)12(11)15/h5-7,10H,4,16H2,1-3H3,(H,17,18). The van der Waals surface area contributed by atoms with Crippen LogP contribution in [0.2, 0.25) is 0 Å². The monoisotopic (exact) mass is 256 g/mol. The van der Waals surface area contributed by atoms with E-state index >= 15 is 0 Å². The molecule has 100 valence electrons. The van der Waals surface area contributed by atoms with E-state index in [9.17, 15) is 13.6 Å². The maximum Gasteiger partial charge on any atom is 0.257 e. The third-order valence-electron chi connectivity index (χ3n) is 2.91. The van der Waals surface area contributed by atoms with E-state index in [2.05, 4.69) is 5.32 Å². The number of nitrogen functional groups attached to an aromatic ring is 1. The molecule has 0 aliphatic rings. The Morgan fingerprint density at radius 1 is 1.39 bits per heavy atom. The van der Waals surface area contributed by atoms with Crippen LogP contribution in [-0.2, 0) is 0 Å². The van der Waals surface area contributed by atoms with Crippen molar-refractivity contribution in [2.24, 2.45) is 5.92 Å². The second-order valence-electron chi connectivity index (χ2n) is 4.56. The van der Waals surface area contributed by atoms with Crippen LogP contribution in [0.5, 0.6) is 0 Å². The number of hydrogen-bond donors (Lipinski definition) is 2. The van der Waals surface area contributed by atoms with Crippen LogP contribution in [0.25, 0.3) is 0 Å². The molecule has 0 aromatic heterocycles. The molecule has 0 fully saturated rings. The zero-order valence-electron chi connectivity index (χ0n) is 10.8. The molecule has 1 unspecified atom stereocenters. The average molecular weight is 256 g/mol. The average Bonchev–Trinajstić information content (AvgIpc) is 2.31. The zero-order valence-corrected chi connectivity index (χ0v) is 10.8. The Kier molecular flexibility index (Phi) is 4.64. The minimum atomic E-state index is -1.01. The van der Waals surface area contributed by atoms with E-state index in [1.807, 2.05) is 20.8 Å². The number of carbonyl (C=O) groups is 1. The maximum atomic E-state index is 13.6. The van der Waals surface area contributed by atoms with Gasteiger partial charge in [-0.15, -0.1) is 0 Å². The molecule has 0 bridgehead atoms. The van der Waals surface area contributed by atoms with Crippen molar-refractivity contribution in [2.75, 3.05) is 5.73 Å². The summed E-state index contributed by atoms with van der Waals surface area (Å²) in [6, 6.07) is 1.96. The molecule has 0 aliphatic heterocycles. The van der Waals surface area contributed by atoms with E-state index in [1.165, 1.54) is 0 Å². The van der Waals surface area contributed by atoms with E-state index in [-0.39, 0.29) is 17.6 Å². The molecule has 0 heterocycles. The highest BCUT2D eigenvalue weighted by Crippen LogP contribution is 2.19. The summed E-state index contributed by atoms with van der Waals surface area (Å²) in [6.07, 6.45) is 0.689. The van der Waals surface area contributed by atoms with Crippen molar-refractivity contribution in [3.05, 3.63) is 29.3 Å². The highest BCUT2D eigenvalue weighted by atomic mass is 19.1. The van der Waals surface area contributed by atoms with E-state index in [4.69, 9.17) is 5.73 Å². The molecule has 0 saturated heterocycles. The van der Waals surface area contributed by atoms with Crippen molar-refractivity contribution in [1.82, 2.24) is 5.32 Å². The Bertz CT molecular complexity index is 447. The van der Waals surface area contributed by atoms with E-state index in [0.29, 0.717) is 6.42 Å². The quantitative estimate of drug-likeness (QED) is 0.814. The molecule has 1 atom stereocenters. The number of carbonyl (C=O) groups excluding carboxylic acids is 1. The second-order valence-corrected chi connectivity index (χ2v) is 4.56. The molecule has 0 aliphatic carbocycles. The van der Waals surface area contributed by atoms with Crippen molar-refractivity contribution < 1.29 is 13.6 Å². The van der Waals surface area contributed by atoms with Gasteiger partial charge in [0.05, 0.1) is 5.69 Å². The van der Waals surface area contributed by atoms with Crippen LogP contribution >= 0.6 is 0 Å². The molecule has 1 aromatic rings. The highest BCUT2D eigenvalue weighted by molar-refractivity contribution is 5.95. The van der Waals surface area contributed by atoms with Gasteiger partial charge in [0.2, 0.25) is 0 Å². The van der Waals surface area contributed by atoms with Crippen molar-refractivity contribution >= 4 is 11.6 Å². The number of anilines is 1. The van der Waals surface area contributed by atoms with E-state index < -0.39 is 23.1 Å². The molecule has 0 radical (unpaired) electrons. The second kappa shape index (κ2) is 5.80. The SMILES string of the molecule is CCC(NC(=O)c1c(F)ccc(N)c1F)C(C)C. The summed E-state index contributed by atoms with van der Waals surface area (Å²) in [5.41, 5.74) is 4.48. The maximum absolute atomic E-state index is 13.6. The lowest BCUT2D eigenvalue weighted by Gasteiger charge is -2.21. The van der Waals surface area contributed by atoms with Crippen molar-refractivity contribution in [2.45, 2.75) is 33.2 Å². The lowest BCUT2D eigenvalue weighted by Crippen LogP contribution is -2.38. The number of hydrogen-bond acceptors (Lipinski definition) is 2. The summed E-state index contributed by atoms with van der Waals surface area (Å²) < 4.78 is 27.1. The first-order valence-corrected chi connectivity index (χ1v) is 5.92. The van der Waals surface area contributed by atoms with Gasteiger partial charge in [0.1, 0.15) is 11.4 Å². The fraction of sp³-hybridized carbons (Fsp3) is 0.462. The number of halogens is 2. The molecule has 3 N–H and O–H groups in total. The normalized spacial score (nSPS) is 12.6. The molecule has 18 heavy (non-hydrogen) atoms. The zero-order chi connectivity index (χ0) is 13.9. The van der Waals surface area contributed by atoms with Gasteiger partial charge in [-0.1, -0.05) is 20.8 Å². The molecule has 3 nitrogen and oxygen atoms in total. The number of amides is 1. The lowest BCUT2D eigenvalue weighted by molar-refractivity contribution is 0.0916. The van der Waals surface area contributed by atoms with Crippen LogP contribution in [0.3, 0.4) is 0 Å². The molecule has 1 aromatic carbocycles. The van der Waals surface area contributed by atoms with Gasteiger partial charge in [-0.2, -0.15) is 0 Å². The molecule has 1 amide bonds. The first kappa shape index (κ1) is 14.4. The van der Waals surface area contributed by atoms with Gasteiger partial charge in [-0.05, 0) is 24.5 Å². The third kappa shape index (κ3) is 2.97. The van der Waals surface area contributed by atoms with Crippen molar-refractivity contribution in [3.63, 3.8) is 0 Å². The molecule has 5 heteroatoms. The summed E-state index contributed by atoms with van der Waals surface area (Å²) in [7, 11) is 0. The predicted octanol–water partition coefficient (Wildman–Crippen LogP) is 2.71. The minimum absolute atomic E-state index is 0.127. The van der Waals surface area contributed by atoms with Crippen LogP contribution in [0.15, 0.2) is 12.1 Å². The molecular weight excluding hydrogens is 238 g/mol. The Hall–Kier alpha value is -1.65. The minimum Gasteiger partial charge on any atom is -0.396 e. The summed E-state index contributed by atoms with van der Waals surface area (Å²) in [5.74, 6) is -2.49. The fourth-order valence-electron chi connectivity index (χ4n) is 1.76. The first-order valence-electron chi connectivity index (χ1n) is 5.92. The van der Waals surface area contributed by atoms with Gasteiger partial charge in [0, 0.05) is 6.04 Å². The summed E-state index contributed by atoms with van der Waals surface area (Å²) in [6.45, 7) is 5.76. The first-order chi connectivity index (χ1) is 8.38. The largest absolute Gasteiger partial charge is 0.396 e. The number of nitrogens with one attached hydrogen (secondary N) is 1. The Balaban J connectivity index is 3.01. The van der Waals surface area contributed by atoms with Gasteiger partial charge in [0.25, 0.3) is 5.91 Å². The van der Waals surface area contributed by atoms with Gasteiger partial charge in [-0.25, -0.2) is 8.78 Å². The van der Waals surface area contributed by atoms with Crippen molar-refractivity contribution in [1.29, 1.82) is 0 Å². The van der Waals surface area contributed by atoms with Gasteiger partial charge >= 0.3 is 0 Å². The van der Waals surface area contributed by atoms with Crippen molar-refractivity contribution in [3.8, 4) is 0 Å². The molecule has 0 saturated carbocycles. The summed E-state index contributed by atoms with van der Waals surface area (Å²) in [5, 5.41) is 2.62. The molecule has 0 spiro atoms. The highest BCUT2D eigenvalue weighted by Gasteiger charge is 2.22. The number of nitrogens with two attached hydrogens (primary N) is 1. The summed E-state index contributed by atoms with van der Waals surface area (Å²) in [4.78, 5) is 11.9. The van der Waals surface area contributed by atoms with Crippen LogP contribution in [0.4, 0.5) is 14.5 Å². The van der Waals surface area contributed by atoms with E-state index in [1.54, 1.807) is 0 Å². The van der Waals surface area contributed by atoms with Crippen LogP contribution in [-0.4, -0.2) is 11.9 Å². The molecular formula is C13H18F2N2O. The fourth-order valence-corrected chi connectivity index (χ4v) is 1.76. The Morgan fingerprint density at radius 3 is 2.50 bits per heavy atom. The van der Waals surface area contributed by atoms with Crippen LogP contribution in [0.1, 0.15) is 37.6 Å². The van der Waals surface area contributed by atoms with Gasteiger partial charge < -0.3 is 11.1 Å². The third-order valence-corrected chi connectivity index (χ3v) is 2.91. The van der Waals surface area contributed by atoms with E-state index in [0.717, 1.165) is 12.1 Å². The number of rotatable bonds is 4. The van der Waals surface area contributed by atoms with Gasteiger partial charge in [0.15, 0.2) is 5.82 Å². The Labute approximate surface area is 105 Å². The lowest BCUT2D eigenvalue weighted by atomic mass is 10.0. The smallest absolute Gasteiger partial charge is 0.257 e. The van der Waals surface area contributed by atoms with Gasteiger partial charge in [-0.3, -0.25) is 4.79 Å². The Morgan fingerprint density at radius 2 is 2.00 bits per heavy atom. The topological polar surface area (TPSA) is 55.1 Å². The predicted molar refractivity (Wildman–Crippen MR) is 67.2 cm³/mol. The number of benzene rings is 1.